The molecule has 1 aliphatic rings. The van der Waals surface area contributed by atoms with Crippen LogP contribution in [-0.2, 0) is 20.1 Å². The van der Waals surface area contributed by atoms with Crippen LogP contribution in [0.4, 0.5) is 4.79 Å². The number of para-hydroxylation sites is 2. The Kier molecular flexibility index (Phi) is 7.65. The van der Waals surface area contributed by atoms with E-state index in [4.69, 9.17) is 0 Å². The highest BCUT2D eigenvalue weighted by molar-refractivity contribution is 5.76. The van der Waals surface area contributed by atoms with Crippen molar-refractivity contribution in [3.63, 3.8) is 0 Å². The number of piperidine rings is 1. The van der Waals surface area contributed by atoms with E-state index >= 15 is 0 Å². The largest absolute Gasteiger partial charge is 0.465 e. The van der Waals surface area contributed by atoms with Gasteiger partial charge in [-0.25, -0.2) is 9.59 Å². The third kappa shape index (κ3) is 5.38. The number of hydrogen-bond donors (Lipinski definition) is 1. The highest BCUT2D eigenvalue weighted by Crippen LogP contribution is 2.32. The maximum atomic E-state index is 13.2. The van der Waals surface area contributed by atoms with Crippen molar-refractivity contribution in [1.29, 1.82) is 0 Å². The Hall–Kier alpha value is -3.84. The average Bonchev–Trinajstić information content (AvgIpc) is 3.19. The highest BCUT2D eigenvalue weighted by Gasteiger charge is 2.35. The predicted molar refractivity (Wildman–Crippen MR) is 150 cm³/mol. The van der Waals surface area contributed by atoms with Gasteiger partial charge in [-0.2, -0.15) is 0 Å². The van der Waals surface area contributed by atoms with Crippen LogP contribution in [0.25, 0.3) is 11.0 Å². The predicted octanol–water partition coefficient (Wildman–Crippen LogP) is 5.50. The third-order valence-electron chi connectivity index (χ3n) is 7.99. The fraction of sp³-hybridized carbons (Fsp3) is 0.355. The van der Waals surface area contributed by atoms with Gasteiger partial charge in [0, 0.05) is 44.8 Å². The number of likely N-dealkylation sites (tertiary alicyclic amines) is 1. The smallest absolute Gasteiger partial charge is 0.407 e. The number of carbonyl (C=O) groups is 1. The first-order valence-electron chi connectivity index (χ1n) is 13.4. The molecule has 3 aromatic carbocycles. The first-order chi connectivity index (χ1) is 18.4. The molecule has 1 N–H and O–H groups in total. The first-order valence-corrected chi connectivity index (χ1v) is 13.4. The van der Waals surface area contributed by atoms with E-state index in [0.717, 1.165) is 24.1 Å². The summed E-state index contributed by atoms with van der Waals surface area (Å²) in [5, 5.41) is 10.1. The van der Waals surface area contributed by atoms with Crippen molar-refractivity contribution in [2.24, 2.45) is 7.05 Å². The van der Waals surface area contributed by atoms with Crippen molar-refractivity contribution in [2.45, 2.75) is 57.4 Å². The monoisotopic (exact) mass is 512 g/mol. The zero-order valence-electron chi connectivity index (χ0n) is 22.1. The summed E-state index contributed by atoms with van der Waals surface area (Å²) in [5.41, 5.74) is 4.24. The van der Waals surface area contributed by atoms with Crippen molar-refractivity contribution >= 4 is 17.1 Å². The molecule has 3 atom stereocenters. The van der Waals surface area contributed by atoms with Gasteiger partial charge in [-0.15, -0.1) is 0 Å². The Morgan fingerprint density at radius 2 is 1.47 bits per heavy atom. The molecule has 1 aromatic heterocycles. The Balaban J connectivity index is 1.41. The summed E-state index contributed by atoms with van der Waals surface area (Å²) >= 11 is 0. The van der Waals surface area contributed by atoms with E-state index in [-0.39, 0.29) is 23.8 Å². The zero-order valence-corrected chi connectivity index (χ0v) is 22.1. The number of rotatable bonds is 8. The van der Waals surface area contributed by atoms with Crippen LogP contribution < -0.4 is 5.69 Å². The van der Waals surface area contributed by atoms with Crippen LogP contribution in [0, 0.1) is 0 Å². The average molecular weight is 513 g/mol. The van der Waals surface area contributed by atoms with Crippen molar-refractivity contribution in [3.8, 4) is 0 Å². The van der Waals surface area contributed by atoms with Crippen LogP contribution in [0.15, 0.2) is 89.7 Å². The minimum Gasteiger partial charge on any atom is -0.465 e. The van der Waals surface area contributed by atoms with E-state index in [0.29, 0.717) is 25.8 Å². The number of imidazole rings is 1. The van der Waals surface area contributed by atoms with E-state index in [9.17, 15) is 14.7 Å². The molecule has 1 aliphatic heterocycles. The fourth-order valence-corrected chi connectivity index (χ4v) is 5.96. The van der Waals surface area contributed by atoms with E-state index in [1.165, 1.54) is 11.1 Å². The summed E-state index contributed by atoms with van der Waals surface area (Å²) in [6.07, 6.45) is 1.06. The van der Waals surface area contributed by atoms with Gasteiger partial charge >= 0.3 is 11.8 Å². The standard InChI is InChI=1S/C31H36N4O3/c1-23(33(21-24-11-5-3-6-12-24)22-25-13-7-4-8-14-25)19-27-20-26(17-18-34(27)31(37)38)35-29-16-10-9-15-28(29)32(2)30(35)36/h3-16,23,26-27H,17-22H2,1-2H3,(H,37,38)/t23?,26?,27-/m0/s1. The molecule has 0 saturated carbocycles. The van der Waals surface area contributed by atoms with E-state index in [1.807, 2.05) is 41.0 Å². The number of benzene rings is 3. The van der Waals surface area contributed by atoms with Gasteiger partial charge in [0.05, 0.1) is 11.0 Å². The van der Waals surface area contributed by atoms with Crippen LogP contribution in [0.5, 0.6) is 0 Å². The summed E-state index contributed by atoms with van der Waals surface area (Å²) in [7, 11) is 1.80. The van der Waals surface area contributed by atoms with Gasteiger partial charge in [0.15, 0.2) is 0 Å². The quantitative estimate of drug-likeness (QED) is 0.338. The molecule has 0 bridgehead atoms. The Morgan fingerprint density at radius 1 is 0.921 bits per heavy atom. The molecule has 7 nitrogen and oxygen atoms in total. The number of amides is 1. The molecule has 4 aromatic rings. The van der Waals surface area contributed by atoms with Crippen LogP contribution in [-0.4, -0.2) is 48.8 Å². The summed E-state index contributed by atoms with van der Waals surface area (Å²) in [4.78, 5) is 29.5. The second kappa shape index (κ2) is 11.3. The first kappa shape index (κ1) is 25.8. The molecule has 198 valence electrons. The van der Waals surface area contributed by atoms with Gasteiger partial charge in [0.25, 0.3) is 0 Å². The lowest BCUT2D eigenvalue weighted by Gasteiger charge is -2.41. The van der Waals surface area contributed by atoms with Crippen molar-refractivity contribution in [1.82, 2.24) is 18.9 Å². The fourth-order valence-electron chi connectivity index (χ4n) is 5.96. The van der Waals surface area contributed by atoms with E-state index in [1.54, 1.807) is 16.5 Å². The lowest BCUT2D eigenvalue weighted by atomic mass is 9.92. The van der Waals surface area contributed by atoms with Crippen LogP contribution in [0.3, 0.4) is 0 Å². The minimum absolute atomic E-state index is 0.0402. The Labute approximate surface area is 223 Å². The molecule has 38 heavy (non-hydrogen) atoms. The molecule has 7 heteroatoms. The number of hydrogen-bond acceptors (Lipinski definition) is 3. The second-order valence-electron chi connectivity index (χ2n) is 10.5. The molecular formula is C31H36N4O3. The molecule has 1 saturated heterocycles. The van der Waals surface area contributed by atoms with E-state index in [2.05, 4.69) is 60.4 Å². The Morgan fingerprint density at radius 3 is 2.05 bits per heavy atom. The van der Waals surface area contributed by atoms with E-state index < -0.39 is 6.09 Å². The maximum Gasteiger partial charge on any atom is 0.407 e. The molecule has 5 rings (SSSR count). The topological polar surface area (TPSA) is 70.7 Å². The van der Waals surface area contributed by atoms with Crippen LogP contribution in [0.1, 0.15) is 43.4 Å². The van der Waals surface area contributed by atoms with Gasteiger partial charge in [-0.05, 0) is 49.4 Å². The highest BCUT2D eigenvalue weighted by atomic mass is 16.4. The van der Waals surface area contributed by atoms with Crippen molar-refractivity contribution < 1.29 is 9.90 Å². The molecule has 2 heterocycles. The summed E-state index contributed by atoms with van der Waals surface area (Å²) < 4.78 is 3.58. The normalized spacial score (nSPS) is 18.7. The summed E-state index contributed by atoms with van der Waals surface area (Å²) in [6.45, 7) is 4.18. The molecular weight excluding hydrogens is 476 g/mol. The molecule has 2 unspecified atom stereocenters. The van der Waals surface area contributed by atoms with Crippen LogP contribution >= 0.6 is 0 Å². The molecule has 0 spiro atoms. The zero-order chi connectivity index (χ0) is 26.6. The minimum atomic E-state index is -0.886. The number of aromatic nitrogens is 2. The van der Waals surface area contributed by atoms with Crippen molar-refractivity contribution in [3.05, 3.63) is 107 Å². The number of carboxylic acid groups (broad SMARTS) is 1. The summed E-state index contributed by atoms with van der Waals surface area (Å²) in [6, 6.07) is 28.6. The molecule has 0 radical (unpaired) electrons. The molecule has 0 aliphatic carbocycles. The second-order valence-corrected chi connectivity index (χ2v) is 10.5. The third-order valence-corrected chi connectivity index (χ3v) is 7.99. The van der Waals surface area contributed by atoms with Crippen LogP contribution in [0.2, 0.25) is 0 Å². The number of aryl methyl sites for hydroxylation is 1. The lowest BCUT2D eigenvalue weighted by Crippen LogP contribution is -2.49. The van der Waals surface area contributed by atoms with Crippen molar-refractivity contribution in [2.75, 3.05) is 6.54 Å². The van der Waals surface area contributed by atoms with Gasteiger partial charge in [0.2, 0.25) is 0 Å². The van der Waals surface area contributed by atoms with Gasteiger partial charge in [0.1, 0.15) is 0 Å². The van der Waals surface area contributed by atoms with Gasteiger partial charge in [-0.3, -0.25) is 14.0 Å². The van der Waals surface area contributed by atoms with Gasteiger partial charge < -0.3 is 10.0 Å². The number of fused-ring (bicyclic) bond motifs is 1. The molecule has 1 amide bonds. The maximum absolute atomic E-state index is 13.2. The SMILES string of the molecule is CC(C[C@H]1CC(n2c(=O)n(C)c3ccccc32)CCN1C(=O)O)N(Cc1ccccc1)Cc1ccccc1. The van der Waals surface area contributed by atoms with Gasteiger partial charge in [-0.1, -0.05) is 72.8 Å². The summed E-state index contributed by atoms with van der Waals surface area (Å²) in [5.74, 6) is 0. The lowest BCUT2D eigenvalue weighted by molar-refractivity contribution is 0.0686. The number of nitrogens with zero attached hydrogens (tertiary/aromatic N) is 4. The molecule has 1 fully saturated rings. The Bertz CT molecular complexity index is 1390.